The van der Waals surface area contributed by atoms with Gasteiger partial charge in [0.25, 0.3) is 17.5 Å². The van der Waals surface area contributed by atoms with Gasteiger partial charge in [-0.3, -0.25) is 20.2 Å². The SMILES string of the molecule is C=Cn1nnc(NC(=O)c2ccc([N+](=O)[O-])c(C)c2)n1. The summed E-state index contributed by atoms with van der Waals surface area (Å²) in [6.07, 6.45) is 1.32. The molecule has 20 heavy (non-hydrogen) atoms. The Hall–Kier alpha value is -3.10. The predicted octanol–water partition coefficient (Wildman–Crippen LogP) is 1.24. The fourth-order valence-electron chi connectivity index (χ4n) is 1.53. The van der Waals surface area contributed by atoms with Crippen LogP contribution in [0, 0.1) is 17.0 Å². The normalized spacial score (nSPS) is 10.1. The second kappa shape index (κ2) is 5.26. The van der Waals surface area contributed by atoms with Gasteiger partial charge in [-0.2, -0.15) is 0 Å². The molecule has 0 saturated carbocycles. The van der Waals surface area contributed by atoms with E-state index in [1.807, 2.05) is 0 Å². The lowest BCUT2D eigenvalue weighted by Crippen LogP contribution is -2.13. The molecule has 2 rings (SSSR count). The molecule has 0 atom stereocenters. The molecule has 1 aromatic heterocycles. The number of hydrogen-bond acceptors (Lipinski definition) is 6. The maximum atomic E-state index is 11.9. The number of nitro groups is 1. The molecule has 0 radical (unpaired) electrons. The van der Waals surface area contributed by atoms with Crippen molar-refractivity contribution >= 4 is 23.7 Å². The molecule has 9 nitrogen and oxygen atoms in total. The van der Waals surface area contributed by atoms with Crippen LogP contribution in [0.1, 0.15) is 15.9 Å². The number of hydrogen-bond donors (Lipinski definition) is 1. The van der Waals surface area contributed by atoms with Gasteiger partial charge < -0.3 is 0 Å². The van der Waals surface area contributed by atoms with Crippen molar-refractivity contribution in [3.8, 4) is 0 Å². The summed E-state index contributed by atoms with van der Waals surface area (Å²) in [5.74, 6) is -0.461. The van der Waals surface area contributed by atoms with Crippen LogP contribution in [0.15, 0.2) is 24.8 Å². The summed E-state index contributed by atoms with van der Waals surface area (Å²) in [5.41, 5.74) is 0.616. The van der Waals surface area contributed by atoms with Gasteiger partial charge in [-0.1, -0.05) is 11.7 Å². The predicted molar refractivity (Wildman–Crippen MR) is 70.0 cm³/mol. The zero-order valence-electron chi connectivity index (χ0n) is 10.5. The highest BCUT2D eigenvalue weighted by Gasteiger charge is 2.15. The summed E-state index contributed by atoms with van der Waals surface area (Å²) in [4.78, 5) is 23.2. The van der Waals surface area contributed by atoms with Crippen LogP contribution in [0.2, 0.25) is 0 Å². The lowest BCUT2D eigenvalue weighted by Gasteiger charge is -2.02. The topological polar surface area (TPSA) is 116 Å². The first-order valence-electron chi connectivity index (χ1n) is 5.49. The van der Waals surface area contributed by atoms with Gasteiger partial charge >= 0.3 is 0 Å². The minimum Gasteiger partial charge on any atom is -0.288 e. The third kappa shape index (κ3) is 2.66. The first-order chi connectivity index (χ1) is 9.51. The molecule has 0 unspecified atom stereocenters. The Morgan fingerprint density at radius 3 is 2.85 bits per heavy atom. The maximum Gasteiger partial charge on any atom is 0.272 e. The smallest absolute Gasteiger partial charge is 0.272 e. The Balaban J connectivity index is 2.19. The summed E-state index contributed by atoms with van der Waals surface area (Å²) < 4.78 is 0. The van der Waals surface area contributed by atoms with Crippen molar-refractivity contribution in [1.82, 2.24) is 20.2 Å². The van der Waals surface area contributed by atoms with Crippen molar-refractivity contribution in [2.24, 2.45) is 0 Å². The molecule has 1 N–H and O–H groups in total. The van der Waals surface area contributed by atoms with Crippen molar-refractivity contribution in [3.63, 3.8) is 0 Å². The number of aryl methyl sites for hydroxylation is 1. The number of anilines is 1. The Bertz CT molecular complexity index is 693. The second-order valence-electron chi connectivity index (χ2n) is 3.83. The van der Waals surface area contributed by atoms with E-state index in [1.54, 1.807) is 6.92 Å². The molecule has 0 aliphatic rings. The van der Waals surface area contributed by atoms with Crippen LogP contribution in [0.5, 0.6) is 0 Å². The zero-order valence-corrected chi connectivity index (χ0v) is 10.5. The van der Waals surface area contributed by atoms with E-state index in [0.29, 0.717) is 5.56 Å². The number of nitro benzene ring substituents is 1. The molecular formula is C11H10N6O3. The van der Waals surface area contributed by atoms with Crippen molar-refractivity contribution in [3.05, 3.63) is 46.0 Å². The second-order valence-corrected chi connectivity index (χ2v) is 3.83. The van der Waals surface area contributed by atoms with E-state index in [0.717, 1.165) is 4.80 Å². The van der Waals surface area contributed by atoms with Gasteiger partial charge in [0.15, 0.2) is 0 Å². The molecular weight excluding hydrogens is 264 g/mol. The van der Waals surface area contributed by atoms with E-state index >= 15 is 0 Å². The number of benzene rings is 1. The summed E-state index contributed by atoms with van der Waals surface area (Å²) in [5, 5.41) is 24.1. The molecule has 9 heteroatoms. The Morgan fingerprint density at radius 1 is 1.55 bits per heavy atom. The van der Waals surface area contributed by atoms with E-state index in [9.17, 15) is 14.9 Å². The van der Waals surface area contributed by atoms with Gasteiger partial charge in [0.05, 0.1) is 4.92 Å². The lowest BCUT2D eigenvalue weighted by molar-refractivity contribution is -0.385. The average Bonchev–Trinajstić information content (AvgIpc) is 2.85. The number of carbonyl (C=O) groups excluding carboxylic acids is 1. The number of amides is 1. The first kappa shape index (κ1) is 13.3. The third-order valence-corrected chi connectivity index (χ3v) is 2.47. The minimum absolute atomic E-state index is 0.0194. The zero-order chi connectivity index (χ0) is 14.7. The molecule has 2 aromatic rings. The minimum atomic E-state index is -0.506. The summed E-state index contributed by atoms with van der Waals surface area (Å²) in [7, 11) is 0. The number of nitrogens with zero attached hydrogens (tertiary/aromatic N) is 5. The number of carbonyl (C=O) groups is 1. The van der Waals surface area contributed by atoms with Gasteiger partial charge in [-0.15, -0.1) is 9.90 Å². The van der Waals surface area contributed by atoms with E-state index in [1.165, 1.54) is 24.4 Å². The molecule has 1 heterocycles. The summed E-state index contributed by atoms with van der Waals surface area (Å²) in [6, 6.07) is 4.06. The highest BCUT2D eigenvalue weighted by molar-refractivity contribution is 6.03. The summed E-state index contributed by atoms with van der Waals surface area (Å²) in [6.45, 7) is 5.00. The molecule has 0 aliphatic carbocycles. The van der Waals surface area contributed by atoms with E-state index < -0.39 is 10.8 Å². The fourth-order valence-corrected chi connectivity index (χ4v) is 1.53. The van der Waals surface area contributed by atoms with Crippen molar-refractivity contribution in [1.29, 1.82) is 0 Å². The highest BCUT2D eigenvalue weighted by Crippen LogP contribution is 2.19. The molecule has 0 bridgehead atoms. The van der Waals surface area contributed by atoms with Crippen LogP contribution < -0.4 is 5.32 Å². The largest absolute Gasteiger partial charge is 0.288 e. The van der Waals surface area contributed by atoms with Crippen LogP contribution >= 0.6 is 0 Å². The van der Waals surface area contributed by atoms with E-state index in [-0.39, 0.29) is 17.2 Å². The fraction of sp³-hybridized carbons (Fsp3) is 0.0909. The quantitative estimate of drug-likeness (QED) is 0.662. The number of nitrogens with one attached hydrogen (secondary N) is 1. The highest BCUT2D eigenvalue weighted by atomic mass is 16.6. The molecule has 0 fully saturated rings. The van der Waals surface area contributed by atoms with Gasteiger partial charge in [0.1, 0.15) is 0 Å². The molecule has 1 aromatic carbocycles. The van der Waals surface area contributed by atoms with Crippen LogP contribution in [0.25, 0.3) is 6.20 Å². The summed E-state index contributed by atoms with van der Waals surface area (Å²) >= 11 is 0. The first-order valence-corrected chi connectivity index (χ1v) is 5.49. The number of tetrazole rings is 1. The number of aromatic nitrogens is 4. The maximum absolute atomic E-state index is 11.9. The van der Waals surface area contributed by atoms with Crippen molar-refractivity contribution in [2.45, 2.75) is 6.92 Å². The third-order valence-electron chi connectivity index (χ3n) is 2.47. The van der Waals surface area contributed by atoms with Gasteiger partial charge in [0, 0.05) is 23.4 Å². The standard InChI is InChI=1S/C11H10N6O3/c1-3-16-14-11(13-15-16)12-10(18)8-4-5-9(17(19)20)7(2)6-8/h3-6H,1H2,2H3,(H,12,14,18). The van der Waals surface area contributed by atoms with Gasteiger partial charge in [-0.05, 0) is 24.3 Å². The van der Waals surface area contributed by atoms with Crippen LogP contribution in [0.4, 0.5) is 11.6 Å². The van der Waals surface area contributed by atoms with Crippen LogP contribution in [0.3, 0.4) is 0 Å². The number of rotatable bonds is 4. The molecule has 0 saturated heterocycles. The van der Waals surface area contributed by atoms with E-state index in [4.69, 9.17) is 0 Å². The van der Waals surface area contributed by atoms with Gasteiger partial charge in [0.2, 0.25) is 0 Å². The Morgan fingerprint density at radius 2 is 2.30 bits per heavy atom. The molecule has 102 valence electrons. The van der Waals surface area contributed by atoms with Crippen LogP contribution in [-0.2, 0) is 0 Å². The average molecular weight is 274 g/mol. The van der Waals surface area contributed by atoms with Crippen molar-refractivity contribution < 1.29 is 9.72 Å². The molecule has 0 aliphatic heterocycles. The molecule has 0 spiro atoms. The van der Waals surface area contributed by atoms with Crippen molar-refractivity contribution in [2.75, 3.05) is 5.32 Å². The van der Waals surface area contributed by atoms with E-state index in [2.05, 4.69) is 27.3 Å². The Kier molecular flexibility index (Phi) is 3.51. The molecule has 1 amide bonds. The van der Waals surface area contributed by atoms with Crippen LogP contribution in [-0.4, -0.2) is 31.0 Å². The Labute approximate surface area is 113 Å². The lowest BCUT2D eigenvalue weighted by atomic mass is 10.1. The monoisotopic (exact) mass is 274 g/mol. The van der Waals surface area contributed by atoms with Gasteiger partial charge in [-0.25, -0.2) is 0 Å².